The number of carbonyl (C=O) groups is 3. The van der Waals surface area contributed by atoms with Crippen molar-refractivity contribution in [3.63, 3.8) is 0 Å². The number of anilines is 1. The van der Waals surface area contributed by atoms with Gasteiger partial charge in [0.25, 0.3) is 11.8 Å². The first kappa shape index (κ1) is 22.9. The Morgan fingerprint density at radius 2 is 2.03 bits per heavy atom. The zero-order valence-electron chi connectivity index (χ0n) is 17.0. The van der Waals surface area contributed by atoms with E-state index in [4.69, 9.17) is 9.47 Å². The summed E-state index contributed by atoms with van der Waals surface area (Å²) < 4.78 is 24.3. The summed E-state index contributed by atoms with van der Waals surface area (Å²) in [5.41, 5.74) is -0.658. The van der Waals surface area contributed by atoms with Crippen molar-refractivity contribution in [3.8, 4) is 0 Å². The maximum atomic E-state index is 14.0. The van der Waals surface area contributed by atoms with Crippen LogP contribution in [0.5, 0.6) is 0 Å². The first-order valence-corrected chi connectivity index (χ1v) is 11.9. The number of hydrogen-bond donors (Lipinski definition) is 3. The van der Waals surface area contributed by atoms with Gasteiger partial charge in [0.05, 0.1) is 13.2 Å². The number of alkyl carbamates (subject to hydrolysis) is 1. The van der Waals surface area contributed by atoms with Gasteiger partial charge < -0.3 is 20.1 Å². The van der Waals surface area contributed by atoms with Gasteiger partial charge in [-0.2, -0.15) is 0 Å². The minimum atomic E-state index is -1.47. The van der Waals surface area contributed by atoms with Crippen molar-refractivity contribution in [2.75, 3.05) is 44.8 Å². The first-order valence-electron chi connectivity index (χ1n) is 10.1. The number of benzene rings is 1. The van der Waals surface area contributed by atoms with Gasteiger partial charge in [0, 0.05) is 35.8 Å². The standard InChI is InChI=1S/C20H23FN4O5S2/c21-15-11-12(16(26)24-20(28)30-10-7-25-5-8-29-9-6-25)18(32-15)23-17(27)19-22-13-3-1-2-4-14(13)31-19/h1-4,11,15,18-19,22H,5-10H2,(H,23,27)(H,24,26,28). The molecule has 32 heavy (non-hydrogen) atoms. The van der Waals surface area contributed by atoms with Crippen LogP contribution in [0, 0.1) is 0 Å². The summed E-state index contributed by atoms with van der Waals surface area (Å²) in [6, 6.07) is 7.49. The SMILES string of the molecule is O=C(NC(=O)C1=CC(F)SC1NC(=O)C1Nc2ccccc2S1)OCCN1CCOCC1. The molecule has 4 rings (SSSR count). The van der Waals surface area contributed by atoms with E-state index in [1.807, 2.05) is 24.3 Å². The molecule has 0 bridgehead atoms. The zero-order valence-corrected chi connectivity index (χ0v) is 18.7. The van der Waals surface area contributed by atoms with Crippen LogP contribution in [0.25, 0.3) is 0 Å². The third kappa shape index (κ3) is 5.74. The number of ether oxygens (including phenoxy) is 2. The van der Waals surface area contributed by atoms with Crippen molar-refractivity contribution in [2.45, 2.75) is 21.1 Å². The van der Waals surface area contributed by atoms with Crippen LogP contribution in [0.3, 0.4) is 0 Å². The number of imide groups is 1. The number of nitrogens with zero attached hydrogens (tertiary/aromatic N) is 1. The summed E-state index contributed by atoms with van der Waals surface area (Å²) in [5, 5.41) is 6.36. The molecule has 3 heterocycles. The van der Waals surface area contributed by atoms with Gasteiger partial charge in [0.2, 0.25) is 0 Å². The number of hydrogen-bond acceptors (Lipinski definition) is 9. The quantitative estimate of drug-likeness (QED) is 0.556. The Balaban J connectivity index is 1.25. The Morgan fingerprint density at radius 3 is 2.81 bits per heavy atom. The third-order valence-electron chi connectivity index (χ3n) is 5.01. The monoisotopic (exact) mass is 482 g/mol. The van der Waals surface area contributed by atoms with Crippen molar-refractivity contribution < 1.29 is 28.2 Å². The first-order chi connectivity index (χ1) is 15.5. The normalized spacial score (nSPS) is 24.8. The van der Waals surface area contributed by atoms with Gasteiger partial charge >= 0.3 is 6.09 Å². The highest BCUT2D eigenvalue weighted by Gasteiger charge is 2.36. The number of carbonyl (C=O) groups excluding carboxylic acids is 3. The molecule has 1 saturated heterocycles. The topological polar surface area (TPSA) is 109 Å². The predicted octanol–water partition coefficient (Wildman–Crippen LogP) is 1.53. The van der Waals surface area contributed by atoms with Crippen molar-refractivity contribution in [1.29, 1.82) is 0 Å². The molecular weight excluding hydrogens is 459 g/mol. The summed E-state index contributed by atoms with van der Waals surface area (Å²) in [5.74, 6) is -1.18. The minimum Gasteiger partial charge on any atom is -0.448 e. The maximum Gasteiger partial charge on any atom is 0.414 e. The van der Waals surface area contributed by atoms with Crippen LogP contribution >= 0.6 is 23.5 Å². The van der Waals surface area contributed by atoms with Crippen molar-refractivity contribution >= 4 is 47.1 Å². The smallest absolute Gasteiger partial charge is 0.414 e. The molecule has 9 nitrogen and oxygen atoms in total. The molecule has 0 radical (unpaired) electrons. The fourth-order valence-corrected chi connectivity index (χ4v) is 5.41. The molecule has 3 amide bonds. The average molecular weight is 483 g/mol. The largest absolute Gasteiger partial charge is 0.448 e. The highest BCUT2D eigenvalue weighted by molar-refractivity contribution is 8.01. The molecule has 1 aromatic carbocycles. The van der Waals surface area contributed by atoms with Crippen molar-refractivity contribution in [3.05, 3.63) is 35.9 Å². The van der Waals surface area contributed by atoms with Crippen LogP contribution in [0.4, 0.5) is 14.9 Å². The van der Waals surface area contributed by atoms with Crippen LogP contribution in [-0.4, -0.2) is 78.5 Å². The molecule has 3 N–H and O–H groups in total. The lowest BCUT2D eigenvalue weighted by atomic mass is 10.2. The Labute approximate surface area is 192 Å². The molecular formula is C20H23FN4O5S2. The summed E-state index contributed by atoms with van der Waals surface area (Å²) in [6.45, 7) is 3.43. The highest BCUT2D eigenvalue weighted by Crippen LogP contribution is 2.39. The van der Waals surface area contributed by atoms with Crippen molar-refractivity contribution in [2.24, 2.45) is 0 Å². The molecule has 0 aromatic heterocycles. The second kappa shape index (κ2) is 10.6. The molecule has 0 saturated carbocycles. The number of halogens is 1. The Morgan fingerprint density at radius 1 is 1.25 bits per heavy atom. The molecule has 12 heteroatoms. The number of thioether (sulfide) groups is 2. The van der Waals surface area contributed by atoms with Crippen LogP contribution in [0.2, 0.25) is 0 Å². The fourth-order valence-electron chi connectivity index (χ4n) is 3.38. The van der Waals surface area contributed by atoms with E-state index in [0.29, 0.717) is 19.8 Å². The van der Waals surface area contributed by atoms with Gasteiger partial charge in [-0.15, -0.1) is 0 Å². The fraction of sp³-hybridized carbons (Fsp3) is 0.450. The van der Waals surface area contributed by atoms with E-state index in [1.165, 1.54) is 11.8 Å². The summed E-state index contributed by atoms with van der Waals surface area (Å²) in [4.78, 5) is 40.2. The Kier molecular flexibility index (Phi) is 7.55. The molecule has 3 aliphatic heterocycles. The van der Waals surface area contributed by atoms with Gasteiger partial charge in [-0.1, -0.05) is 35.7 Å². The molecule has 1 fully saturated rings. The molecule has 0 aliphatic carbocycles. The lowest BCUT2D eigenvalue weighted by molar-refractivity contribution is -0.120. The Bertz CT molecular complexity index is 887. The van der Waals surface area contributed by atoms with Crippen molar-refractivity contribution in [1.82, 2.24) is 15.5 Å². The van der Waals surface area contributed by atoms with Gasteiger partial charge in [-0.3, -0.25) is 19.8 Å². The van der Waals surface area contributed by atoms with Crippen LogP contribution in [-0.2, 0) is 19.1 Å². The number of morpholine rings is 1. The number of rotatable bonds is 6. The molecule has 3 aliphatic rings. The lowest BCUT2D eigenvalue weighted by Crippen LogP contribution is -2.44. The predicted molar refractivity (Wildman–Crippen MR) is 119 cm³/mol. The minimum absolute atomic E-state index is 0.0264. The zero-order chi connectivity index (χ0) is 22.5. The van der Waals surface area contributed by atoms with E-state index in [-0.39, 0.29) is 18.1 Å². The van der Waals surface area contributed by atoms with E-state index < -0.39 is 28.3 Å². The molecule has 1 aromatic rings. The number of fused-ring (bicyclic) bond motifs is 1. The third-order valence-corrected chi connectivity index (χ3v) is 7.23. The Hall–Kier alpha value is -2.28. The van der Waals surface area contributed by atoms with E-state index in [0.717, 1.165) is 41.5 Å². The van der Waals surface area contributed by atoms with Gasteiger partial charge in [-0.05, 0) is 18.2 Å². The molecule has 0 spiro atoms. The molecule has 172 valence electrons. The number of nitrogens with one attached hydrogen (secondary N) is 3. The average Bonchev–Trinajstić information content (AvgIpc) is 3.38. The number of amides is 3. The second-order valence-corrected chi connectivity index (χ2v) is 9.52. The van der Waals surface area contributed by atoms with Crippen LogP contribution < -0.4 is 16.0 Å². The van der Waals surface area contributed by atoms with Gasteiger partial charge in [-0.25, -0.2) is 9.18 Å². The summed E-state index contributed by atoms with van der Waals surface area (Å²) >= 11 is 2.11. The van der Waals surface area contributed by atoms with Crippen LogP contribution in [0.1, 0.15) is 0 Å². The van der Waals surface area contributed by atoms with E-state index in [2.05, 4.69) is 20.9 Å². The highest BCUT2D eigenvalue weighted by atomic mass is 32.2. The van der Waals surface area contributed by atoms with Crippen LogP contribution in [0.15, 0.2) is 40.8 Å². The number of para-hydroxylation sites is 1. The van der Waals surface area contributed by atoms with Gasteiger partial charge in [0.1, 0.15) is 12.0 Å². The van der Waals surface area contributed by atoms with E-state index in [1.54, 1.807) is 0 Å². The number of alkyl halides is 1. The summed E-state index contributed by atoms with van der Waals surface area (Å²) in [7, 11) is 0. The summed E-state index contributed by atoms with van der Waals surface area (Å²) in [6.07, 6.45) is 0.181. The maximum absolute atomic E-state index is 14.0. The molecule has 3 unspecified atom stereocenters. The molecule has 3 atom stereocenters. The van der Waals surface area contributed by atoms with E-state index >= 15 is 0 Å². The second-order valence-electron chi connectivity index (χ2n) is 7.18. The van der Waals surface area contributed by atoms with E-state index in [9.17, 15) is 18.8 Å². The lowest BCUT2D eigenvalue weighted by Gasteiger charge is -2.26. The van der Waals surface area contributed by atoms with Gasteiger partial charge in [0.15, 0.2) is 10.9 Å².